The van der Waals surface area contributed by atoms with Crippen LogP contribution in [-0.2, 0) is 4.79 Å². The Morgan fingerprint density at radius 2 is 2.05 bits per heavy atom. The maximum Gasteiger partial charge on any atom is 0.387 e. The second-order valence-corrected chi connectivity index (χ2v) is 11.3. The Labute approximate surface area is 234 Å². The summed E-state index contributed by atoms with van der Waals surface area (Å²) in [6.45, 7) is -0.0737. The molecule has 2 atom stereocenters. The van der Waals surface area contributed by atoms with E-state index in [2.05, 4.69) is 16.8 Å². The molecule has 2 aromatic carbocycles. The highest BCUT2D eigenvalue weighted by atomic mass is 19.3. The summed E-state index contributed by atoms with van der Waals surface area (Å²) in [5.74, 6) is 5.51. The van der Waals surface area contributed by atoms with Crippen LogP contribution in [0.4, 0.5) is 8.78 Å². The van der Waals surface area contributed by atoms with Crippen LogP contribution in [0.5, 0.6) is 5.75 Å². The van der Waals surface area contributed by atoms with Gasteiger partial charge in [0, 0.05) is 47.3 Å². The first-order valence-corrected chi connectivity index (χ1v) is 12.8. The number of amides is 2. The number of benzene rings is 2. The Kier molecular flexibility index (Phi) is 4.92. The third-order valence-corrected chi connectivity index (χ3v) is 7.84. The Hall–Kier alpha value is -4.44. The molecular formula is C30H27F2N5O3. The second kappa shape index (κ2) is 8.79. The molecule has 3 aromatic rings. The van der Waals surface area contributed by atoms with Crippen LogP contribution in [0.25, 0.3) is 11.0 Å². The standard InChI is InChI=1S/C30H27F2N5O3/c1-29(2,14-33)27(39)36-15-30(3,16-36)11-10-17-8-9-19-20(12-17)37-21-13-22(25(37)34-19)35(4)26(38)18-6-5-7-23(24(18)21)40-28(31)32/h5-9,12,21-22,28H,13,15-16H2,1-4H3/t21-,22-/m1/s1/i4D3. The number of nitriles is 1. The highest BCUT2D eigenvalue weighted by Crippen LogP contribution is 2.50. The molecule has 3 aliphatic rings. The molecule has 1 fully saturated rings. The maximum atomic E-state index is 13.6. The minimum atomic E-state index is -3.15. The Bertz CT molecular complexity index is 1790. The van der Waals surface area contributed by atoms with Crippen molar-refractivity contribution >= 4 is 22.8 Å². The van der Waals surface area contributed by atoms with Crippen molar-refractivity contribution in [3.63, 3.8) is 0 Å². The fourth-order valence-corrected chi connectivity index (χ4v) is 5.87. The summed E-state index contributed by atoms with van der Waals surface area (Å²) in [6.07, 6.45) is 0.121. The van der Waals surface area contributed by atoms with Crippen molar-refractivity contribution in [2.45, 2.75) is 45.9 Å². The molecular weight excluding hydrogens is 516 g/mol. The number of hydrogen-bond acceptors (Lipinski definition) is 5. The van der Waals surface area contributed by atoms with Gasteiger partial charge in [-0.1, -0.05) is 17.9 Å². The van der Waals surface area contributed by atoms with Crippen molar-refractivity contribution in [3.05, 3.63) is 58.9 Å². The van der Waals surface area contributed by atoms with Crippen LogP contribution >= 0.6 is 0 Å². The van der Waals surface area contributed by atoms with Gasteiger partial charge in [0.05, 0.1) is 34.6 Å². The van der Waals surface area contributed by atoms with Crippen LogP contribution in [0.3, 0.4) is 0 Å². The van der Waals surface area contributed by atoms with Gasteiger partial charge in [0.25, 0.3) is 5.91 Å². The lowest BCUT2D eigenvalue weighted by molar-refractivity contribution is -0.146. The first-order valence-electron chi connectivity index (χ1n) is 14.3. The molecule has 0 unspecified atom stereocenters. The highest BCUT2D eigenvalue weighted by Gasteiger charge is 2.46. The van der Waals surface area contributed by atoms with Gasteiger partial charge in [-0.15, -0.1) is 0 Å². The average molecular weight is 547 g/mol. The van der Waals surface area contributed by atoms with Gasteiger partial charge in [0.15, 0.2) is 0 Å². The van der Waals surface area contributed by atoms with E-state index in [1.165, 1.54) is 18.2 Å². The molecule has 4 heterocycles. The van der Waals surface area contributed by atoms with E-state index in [4.69, 9.17) is 8.85 Å². The number of nitrogens with zero attached hydrogens (tertiary/aromatic N) is 5. The Morgan fingerprint density at radius 1 is 1.27 bits per heavy atom. The summed E-state index contributed by atoms with van der Waals surface area (Å²) in [5.41, 5.74) is 0.377. The number of fused-ring (bicyclic) bond motifs is 9. The number of ether oxygens (including phenoxy) is 1. The van der Waals surface area contributed by atoms with Gasteiger partial charge in [-0.05, 0) is 51.1 Å². The van der Waals surface area contributed by atoms with Gasteiger partial charge in [-0.3, -0.25) is 9.59 Å². The first-order chi connectivity index (χ1) is 20.1. The third-order valence-electron chi connectivity index (χ3n) is 7.84. The van der Waals surface area contributed by atoms with Gasteiger partial charge in [0.2, 0.25) is 5.91 Å². The molecule has 0 radical (unpaired) electrons. The molecule has 1 aromatic heterocycles. The van der Waals surface area contributed by atoms with Gasteiger partial charge >= 0.3 is 6.61 Å². The van der Waals surface area contributed by atoms with Crippen molar-refractivity contribution in [1.29, 1.82) is 5.26 Å². The smallest absolute Gasteiger partial charge is 0.387 e. The van der Waals surface area contributed by atoms with E-state index in [0.717, 1.165) is 4.90 Å². The summed E-state index contributed by atoms with van der Waals surface area (Å²) < 4.78 is 57.9. The topological polar surface area (TPSA) is 91.5 Å². The lowest BCUT2D eigenvalue weighted by atomic mass is 9.80. The normalized spacial score (nSPS) is 22.1. The largest absolute Gasteiger partial charge is 0.434 e. The Morgan fingerprint density at radius 3 is 2.75 bits per heavy atom. The number of carbonyl (C=O) groups excluding carboxylic acids is 2. The number of aromatic nitrogens is 2. The molecule has 6 rings (SSSR count). The molecule has 0 saturated carbocycles. The van der Waals surface area contributed by atoms with E-state index in [1.807, 2.05) is 13.0 Å². The SMILES string of the molecule is [2H]C([2H])([2H])N1C(=O)c2cccc(OC(F)F)c2[C@H]2C[C@@H]1c1nc3ccc(C#CC4(C)CN(C(=O)C(C)(C)C#N)C4)cc3n12. The van der Waals surface area contributed by atoms with Crippen molar-refractivity contribution < 1.29 is 27.2 Å². The average Bonchev–Trinajstić information content (AvgIpc) is 3.41. The molecule has 10 heteroatoms. The van der Waals surface area contributed by atoms with Crippen molar-refractivity contribution in [3.8, 4) is 23.7 Å². The zero-order chi connectivity index (χ0) is 31.1. The lowest BCUT2D eigenvalue weighted by Gasteiger charge is -2.46. The van der Waals surface area contributed by atoms with E-state index in [-0.39, 0.29) is 29.2 Å². The molecule has 40 heavy (non-hydrogen) atoms. The molecule has 1 saturated heterocycles. The first kappa shape index (κ1) is 22.4. The minimum Gasteiger partial charge on any atom is -0.434 e. The fraction of sp³-hybridized carbons (Fsp3) is 0.400. The summed E-state index contributed by atoms with van der Waals surface area (Å²) in [7, 11) is 0. The number of carbonyl (C=O) groups is 2. The number of halogens is 2. The summed E-state index contributed by atoms with van der Waals surface area (Å²) >= 11 is 0. The van der Waals surface area contributed by atoms with Crippen molar-refractivity contribution in [2.75, 3.05) is 20.1 Å². The van der Waals surface area contributed by atoms with Crippen LogP contribution < -0.4 is 4.74 Å². The van der Waals surface area contributed by atoms with Gasteiger partial charge in [-0.25, -0.2) is 4.98 Å². The third kappa shape index (κ3) is 3.90. The fourth-order valence-electron chi connectivity index (χ4n) is 5.87. The quantitative estimate of drug-likeness (QED) is 0.451. The number of likely N-dealkylation sites (tertiary alicyclic amines) is 1. The molecule has 0 aliphatic carbocycles. The monoisotopic (exact) mass is 546 g/mol. The predicted octanol–water partition coefficient (Wildman–Crippen LogP) is 4.51. The zero-order valence-electron chi connectivity index (χ0n) is 25.0. The number of imidazole rings is 1. The molecule has 2 amide bonds. The van der Waals surface area contributed by atoms with Crippen molar-refractivity contribution in [1.82, 2.24) is 19.4 Å². The maximum absolute atomic E-state index is 13.6. The molecule has 0 N–H and O–H groups in total. The van der Waals surface area contributed by atoms with Gasteiger partial charge in [-0.2, -0.15) is 14.0 Å². The van der Waals surface area contributed by atoms with Gasteiger partial charge in [0.1, 0.15) is 17.0 Å². The Balaban J connectivity index is 1.41. The predicted molar refractivity (Wildman–Crippen MR) is 141 cm³/mol. The van der Waals surface area contributed by atoms with E-state index in [9.17, 15) is 23.6 Å². The van der Waals surface area contributed by atoms with Crippen LogP contribution in [0, 0.1) is 34.0 Å². The molecule has 3 aliphatic heterocycles. The van der Waals surface area contributed by atoms with Crippen LogP contribution in [0.1, 0.15) is 70.7 Å². The number of alkyl halides is 2. The van der Waals surface area contributed by atoms with E-state index in [1.54, 1.807) is 41.5 Å². The van der Waals surface area contributed by atoms with E-state index in [0.29, 0.717) is 35.5 Å². The highest BCUT2D eigenvalue weighted by molar-refractivity contribution is 5.98. The summed E-state index contributed by atoms with van der Waals surface area (Å²) in [4.78, 5) is 33.3. The van der Waals surface area contributed by atoms with E-state index >= 15 is 0 Å². The number of hydrogen-bond donors (Lipinski definition) is 0. The summed E-state index contributed by atoms with van der Waals surface area (Å²) in [5, 5.41) is 9.28. The second-order valence-electron chi connectivity index (χ2n) is 11.3. The minimum absolute atomic E-state index is 0.0122. The molecule has 2 bridgehead atoms. The lowest BCUT2D eigenvalue weighted by Crippen LogP contribution is -2.59. The molecule has 8 nitrogen and oxygen atoms in total. The van der Waals surface area contributed by atoms with Crippen LogP contribution in [0.15, 0.2) is 36.4 Å². The van der Waals surface area contributed by atoms with Crippen LogP contribution in [0.2, 0.25) is 0 Å². The number of rotatable bonds is 3. The van der Waals surface area contributed by atoms with Crippen molar-refractivity contribution in [2.24, 2.45) is 10.8 Å². The van der Waals surface area contributed by atoms with E-state index < -0.39 is 42.4 Å². The summed E-state index contributed by atoms with van der Waals surface area (Å²) in [6, 6.07) is 9.90. The van der Waals surface area contributed by atoms with Crippen LogP contribution in [-0.4, -0.2) is 57.8 Å². The zero-order valence-corrected chi connectivity index (χ0v) is 22.0. The van der Waals surface area contributed by atoms with Gasteiger partial charge < -0.3 is 19.1 Å². The molecule has 0 spiro atoms. The molecule has 204 valence electrons.